The zero-order chi connectivity index (χ0) is 18.4. The summed E-state index contributed by atoms with van der Waals surface area (Å²) in [6.45, 7) is 0. The second-order valence-electron chi connectivity index (χ2n) is 5.11. The highest BCUT2D eigenvalue weighted by atomic mass is 32.2. The van der Waals surface area contributed by atoms with Crippen molar-refractivity contribution >= 4 is 21.6 Å². The fraction of sp³-hybridized carbons (Fsp3) is 0.176. The van der Waals surface area contributed by atoms with E-state index in [1.165, 1.54) is 44.6 Å². The third kappa shape index (κ3) is 4.80. The summed E-state index contributed by atoms with van der Waals surface area (Å²) in [7, 11) is -0.610. The van der Waals surface area contributed by atoms with Gasteiger partial charge in [0.1, 0.15) is 11.5 Å². The second-order valence-corrected chi connectivity index (χ2v) is 7.00. The quantitative estimate of drug-likeness (QED) is 0.554. The predicted molar refractivity (Wildman–Crippen MR) is 94.3 cm³/mol. The fourth-order valence-corrected chi connectivity index (χ4v) is 3.31. The largest absolute Gasteiger partial charge is 0.496 e. The van der Waals surface area contributed by atoms with Crippen LogP contribution in [0.3, 0.4) is 0 Å². The Labute approximate surface area is 145 Å². The third-order valence-corrected chi connectivity index (χ3v) is 4.71. The molecule has 8 heteroatoms. The first-order valence-corrected chi connectivity index (χ1v) is 8.93. The lowest BCUT2D eigenvalue weighted by atomic mass is 10.2. The van der Waals surface area contributed by atoms with Gasteiger partial charge in [0.05, 0.1) is 30.5 Å². The first-order chi connectivity index (χ1) is 11.9. The summed E-state index contributed by atoms with van der Waals surface area (Å²) in [6, 6.07) is 10.5. The SMILES string of the molecule is COc1cccc(OC)c1/C=C/S(=O)(=O)Cc1ccc([N+](=O)[O-])cc1. The summed E-state index contributed by atoms with van der Waals surface area (Å²) in [6.07, 6.45) is 1.42. The van der Waals surface area contributed by atoms with Gasteiger partial charge in [-0.05, 0) is 23.8 Å². The van der Waals surface area contributed by atoms with Crippen LogP contribution in [0.4, 0.5) is 5.69 Å². The van der Waals surface area contributed by atoms with Crippen molar-refractivity contribution in [3.8, 4) is 11.5 Å². The summed E-state index contributed by atoms with van der Waals surface area (Å²) in [5.41, 5.74) is 0.887. The van der Waals surface area contributed by atoms with E-state index in [9.17, 15) is 18.5 Å². The number of sulfone groups is 1. The highest BCUT2D eigenvalue weighted by Crippen LogP contribution is 2.30. The maximum atomic E-state index is 12.3. The number of methoxy groups -OCH3 is 2. The van der Waals surface area contributed by atoms with Crippen molar-refractivity contribution in [2.24, 2.45) is 0 Å². The molecule has 0 bridgehead atoms. The van der Waals surface area contributed by atoms with Gasteiger partial charge in [-0.2, -0.15) is 0 Å². The maximum Gasteiger partial charge on any atom is 0.269 e. The molecule has 0 aliphatic rings. The van der Waals surface area contributed by atoms with E-state index in [1.54, 1.807) is 18.2 Å². The zero-order valence-corrected chi connectivity index (χ0v) is 14.5. The van der Waals surface area contributed by atoms with Crippen molar-refractivity contribution in [3.63, 3.8) is 0 Å². The van der Waals surface area contributed by atoms with Gasteiger partial charge < -0.3 is 9.47 Å². The molecule has 0 spiro atoms. The molecule has 0 aromatic heterocycles. The minimum Gasteiger partial charge on any atom is -0.496 e. The number of benzene rings is 2. The maximum absolute atomic E-state index is 12.3. The van der Waals surface area contributed by atoms with Gasteiger partial charge >= 0.3 is 0 Å². The summed E-state index contributed by atoms with van der Waals surface area (Å²) < 4.78 is 35.0. The number of hydrogen-bond acceptors (Lipinski definition) is 6. The normalized spacial score (nSPS) is 11.4. The Balaban J connectivity index is 2.24. The lowest BCUT2D eigenvalue weighted by Crippen LogP contribution is -2.00. The molecule has 0 saturated carbocycles. The van der Waals surface area contributed by atoms with Crippen LogP contribution >= 0.6 is 0 Å². The molecular weight excluding hydrogens is 346 g/mol. The number of rotatable bonds is 7. The molecule has 0 N–H and O–H groups in total. The van der Waals surface area contributed by atoms with Crippen molar-refractivity contribution in [1.29, 1.82) is 0 Å². The molecule has 132 valence electrons. The van der Waals surface area contributed by atoms with Crippen molar-refractivity contribution in [2.45, 2.75) is 5.75 Å². The first-order valence-electron chi connectivity index (χ1n) is 7.21. The summed E-state index contributed by atoms with van der Waals surface area (Å²) in [5, 5.41) is 11.7. The standard InChI is InChI=1S/C17H17NO6S/c1-23-16-4-3-5-17(24-2)15(16)10-11-25(21,22)12-13-6-8-14(9-7-13)18(19)20/h3-11H,12H2,1-2H3/b11-10+. The average molecular weight is 363 g/mol. The van der Waals surface area contributed by atoms with E-state index in [1.807, 2.05) is 0 Å². The molecule has 0 fully saturated rings. The van der Waals surface area contributed by atoms with E-state index >= 15 is 0 Å². The molecule has 0 heterocycles. The molecule has 25 heavy (non-hydrogen) atoms. The lowest BCUT2D eigenvalue weighted by molar-refractivity contribution is -0.384. The molecule has 0 saturated heterocycles. The number of hydrogen-bond donors (Lipinski definition) is 0. The average Bonchev–Trinajstić information content (AvgIpc) is 2.59. The van der Waals surface area contributed by atoms with Crippen LogP contribution in [0.25, 0.3) is 6.08 Å². The van der Waals surface area contributed by atoms with Crippen molar-refractivity contribution in [1.82, 2.24) is 0 Å². The Kier molecular flexibility index (Phi) is 5.76. The smallest absolute Gasteiger partial charge is 0.269 e. The Morgan fingerprint density at radius 2 is 1.60 bits per heavy atom. The van der Waals surface area contributed by atoms with E-state index in [-0.39, 0.29) is 11.4 Å². The Hall–Kier alpha value is -2.87. The first kappa shape index (κ1) is 18.5. The monoisotopic (exact) mass is 363 g/mol. The van der Waals surface area contributed by atoms with Gasteiger partial charge in [-0.25, -0.2) is 8.42 Å². The topological polar surface area (TPSA) is 95.7 Å². The fourth-order valence-electron chi connectivity index (χ4n) is 2.21. The Morgan fingerprint density at radius 1 is 1.04 bits per heavy atom. The van der Waals surface area contributed by atoms with Gasteiger partial charge in [-0.3, -0.25) is 10.1 Å². The number of nitro benzene ring substituents is 1. The van der Waals surface area contributed by atoms with Crippen LogP contribution in [0.2, 0.25) is 0 Å². The zero-order valence-electron chi connectivity index (χ0n) is 13.7. The summed E-state index contributed by atoms with van der Waals surface area (Å²) in [5.74, 6) is 0.709. The van der Waals surface area contributed by atoms with Crippen LogP contribution < -0.4 is 9.47 Å². The number of ether oxygens (including phenoxy) is 2. The van der Waals surface area contributed by atoms with Crippen LogP contribution in [0.15, 0.2) is 47.9 Å². The highest BCUT2D eigenvalue weighted by Gasteiger charge is 2.12. The van der Waals surface area contributed by atoms with Gasteiger partial charge in [0.25, 0.3) is 5.69 Å². The van der Waals surface area contributed by atoms with Crippen LogP contribution in [-0.4, -0.2) is 27.6 Å². The van der Waals surface area contributed by atoms with Crippen molar-refractivity contribution < 1.29 is 22.8 Å². The van der Waals surface area contributed by atoms with E-state index in [0.717, 1.165) is 5.41 Å². The Morgan fingerprint density at radius 3 is 2.08 bits per heavy atom. The number of nitrogens with zero attached hydrogens (tertiary/aromatic N) is 1. The van der Waals surface area contributed by atoms with E-state index in [2.05, 4.69) is 0 Å². The highest BCUT2D eigenvalue weighted by molar-refractivity contribution is 7.93. The number of nitro groups is 1. The molecular formula is C17H17NO6S. The molecule has 0 aliphatic heterocycles. The van der Waals surface area contributed by atoms with Crippen molar-refractivity contribution in [3.05, 3.63) is 69.1 Å². The van der Waals surface area contributed by atoms with Gasteiger partial charge in [-0.1, -0.05) is 18.2 Å². The van der Waals surface area contributed by atoms with E-state index < -0.39 is 14.8 Å². The van der Waals surface area contributed by atoms with Crippen molar-refractivity contribution in [2.75, 3.05) is 14.2 Å². The Bertz CT molecular complexity index is 866. The lowest BCUT2D eigenvalue weighted by Gasteiger charge is -2.09. The molecule has 7 nitrogen and oxygen atoms in total. The molecule has 2 rings (SSSR count). The predicted octanol–water partition coefficient (Wildman–Crippen LogP) is 3.20. The van der Waals surface area contributed by atoms with Crippen LogP contribution in [-0.2, 0) is 15.6 Å². The minimum atomic E-state index is -3.58. The van der Waals surface area contributed by atoms with E-state index in [0.29, 0.717) is 22.6 Å². The number of non-ortho nitro benzene ring substituents is 1. The third-order valence-electron chi connectivity index (χ3n) is 3.42. The van der Waals surface area contributed by atoms with Crippen LogP contribution in [0.5, 0.6) is 11.5 Å². The summed E-state index contributed by atoms with van der Waals surface area (Å²) >= 11 is 0. The van der Waals surface area contributed by atoms with Gasteiger partial charge in [0, 0.05) is 17.5 Å². The molecule has 0 atom stereocenters. The molecule has 0 amide bonds. The van der Waals surface area contributed by atoms with Gasteiger partial charge in [-0.15, -0.1) is 0 Å². The molecule has 0 unspecified atom stereocenters. The summed E-state index contributed by atoms with van der Waals surface area (Å²) in [4.78, 5) is 10.1. The molecule has 2 aromatic rings. The second kappa shape index (κ2) is 7.80. The van der Waals surface area contributed by atoms with E-state index in [4.69, 9.17) is 9.47 Å². The van der Waals surface area contributed by atoms with Gasteiger partial charge in [0.2, 0.25) is 0 Å². The van der Waals surface area contributed by atoms with Crippen LogP contribution in [0, 0.1) is 10.1 Å². The van der Waals surface area contributed by atoms with Crippen LogP contribution in [0.1, 0.15) is 11.1 Å². The molecule has 0 radical (unpaired) electrons. The van der Waals surface area contributed by atoms with Gasteiger partial charge in [0.15, 0.2) is 9.84 Å². The molecule has 2 aromatic carbocycles. The molecule has 0 aliphatic carbocycles. The minimum absolute atomic E-state index is 0.0875.